The molecule has 1 nitrogen and oxygen atoms in total. The highest BCUT2D eigenvalue weighted by Crippen LogP contribution is 2.10. The summed E-state index contributed by atoms with van der Waals surface area (Å²) in [5.41, 5.74) is 0. The third kappa shape index (κ3) is 15.4. The zero-order valence-electron chi connectivity index (χ0n) is 11.8. The summed E-state index contributed by atoms with van der Waals surface area (Å²) in [5.74, 6) is 3.04. The summed E-state index contributed by atoms with van der Waals surface area (Å²) in [7, 11) is 0. The summed E-state index contributed by atoms with van der Waals surface area (Å²) in [6, 6.07) is 0. The van der Waals surface area contributed by atoms with Gasteiger partial charge in [-0.05, 0) is 12.8 Å². The van der Waals surface area contributed by atoms with Crippen LogP contribution in [0.5, 0.6) is 0 Å². The lowest BCUT2D eigenvalue weighted by Crippen LogP contribution is -1.81. The minimum absolute atomic E-state index is 0.923. The van der Waals surface area contributed by atoms with E-state index in [1.54, 1.807) is 6.61 Å². The zero-order chi connectivity index (χ0) is 12.6. The number of unbranched alkanes of at least 4 members (excludes halogenated alkanes) is 9. The lowest BCUT2D eigenvalue weighted by atomic mass is 10.1. The molecule has 0 fully saturated rings. The molecular weight excluding hydrogens is 208 g/mol. The van der Waals surface area contributed by atoms with Gasteiger partial charge in [-0.25, -0.2) is 0 Å². The first-order valence-electron chi connectivity index (χ1n) is 7.37. The van der Waals surface area contributed by atoms with E-state index in [-0.39, 0.29) is 0 Å². The summed E-state index contributed by atoms with van der Waals surface area (Å²) >= 11 is 0. The van der Waals surface area contributed by atoms with Crippen molar-refractivity contribution >= 4 is 0 Å². The van der Waals surface area contributed by atoms with Gasteiger partial charge in [0.15, 0.2) is 0 Å². The third-order valence-corrected chi connectivity index (χ3v) is 2.79. The quantitative estimate of drug-likeness (QED) is 0.342. The van der Waals surface area contributed by atoms with Gasteiger partial charge in [0, 0.05) is 6.42 Å². The van der Waals surface area contributed by atoms with Gasteiger partial charge in [-0.1, -0.05) is 71.1 Å². The second-order valence-electron chi connectivity index (χ2n) is 4.55. The van der Waals surface area contributed by atoms with Gasteiger partial charge in [-0.15, -0.1) is 0 Å². The van der Waals surface area contributed by atoms with E-state index in [1.807, 2.05) is 6.92 Å². The fraction of sp³-hybridized carbons (Fsp3) is 0.812. The van der Waals surface area contributed by atoms with Crippen molar-refractivity contribution in [2.24, 2.45) is 0 Å². The summed E-state index contributed by atoms with van der Waals surface area (Å²) in [5, 5.41) is 0. The molecule has 0 aromatic rings. The van der Waals surface area contributed by atoms with Gasteiger partial charge in [0.2, 0.25) is 0 Å². The van der Waals surface area contributed by atoms with Crippen molar-refractivity contribution in [1.82, 2.24) is 0 Å². The van der Waals surface area contributed by atoms with Gasteiger partial charge in [0.05, 0.1) is 0 Å². The Kier molecular flexibility index (Phi) is 14.8. The van der Waals surface area contributed by atoms with E-state index in [0.717, 1.165) is 12.8 Å². The molecule has 99 valence electrons. The number of hydrogen-bond donors (Lipinski definition) is 0. The summed E-state index contributed by atoms with van der Waals surface area (Å²) < 4.78 is 4.98. The maximum atomic E-state index is 4.98. The smallest absolute Gasteiger partial charge is 0.148 e. The van der Waals surface area contributed by atoms with E-state index in [4.69, 9.17) is 4.74 Å². The fourth-order valence-corrected chi connectivity index (χ4v) is 1.74. The molecule has 0 aliphatic rings. The molecule has 0 spiro atoms. The van der Waals surface area contributed by atoms with Crippen LogP contribution in [0.3, 0.4) is 0 Å². The molecule has 0 N–H and O–H groups in total. The third-order valence-electron chi connectivity index (χ3n) is 2.79. The van der Waals surface area contributed by atoms with E-state index in [9.17, 15) is 0 Å². The lowest BCUT2D eigenvalue weighted by Gasteiger charge is -2.00. The van der Waals surface area contributed by atoms with Crippen LogP contribution in [0.2, 0.25) is 0 Å². The van der Waals surface area contributed by atoms with Crippen molar-refractivity contribution in [3.8, 4) is 12.0 Å². The van der Waals surface area contributed by atoms with E-state index >= 15 is 0 Å². The molecule has 17 heavy (non-hydrogen) atoms. The maximum absolute atomic E-state index is 4.98. The molecule has 0 saturated carbocycles. The Balaban J connectivity index is 2.99. The first-order valence-corrected chi connectivity index (χ1v) is 7.37. The van der Waals surface area contributed by atoms with Gasteiger partial charge < -0.3 is 4.74 Å². The van der Waals surface area contributed by atoms with E-state index < -0.39 is 0 Å². The first kappa shape index (κ1) is 16.4. The Morgan fingerprint density at radius 1 is 0.824 bits per heavy atom. The highest BCUT2D eigenvalue weighted by Gasteiger charge is 1.91. The van der Waals surface area contributed by atoms with Crippen molar-refractivity contribution in [3.63, 3.8) is 0 Å². The lowest BCUT2D eigenvalue weighted by molar-refractivity contribution is 0.356. The van der Waals surface area contributed by atoms with Crippen LogP contribution in [0, 0.1) is 18.6 Å². The van der Waals surface area contributed by atoms with Crippen LogP contribution in [0.25, 0.3) is 0 Å². The maximum Gasteiger partial charge on any atom is 0.148 e. The van der Waals surface area contributed by atoms with Gasteiger partial charge in [0.1, 0.15) is 12.7 Å². The van der Waals surface area contributed by atoms with Gasteiger partial charge in [-0.3, -0.25) is 0 Å². The average molecular weight is 237 g/mol. The van der Waals surface area contributed by atoms with E-state index in [1.165, 1.54) is 57.8 Å². The van der Waals surface area contributed by atoms with Crippen molar-refractivity contribution in [3.05, 3.63) is 6.61 Å². The molecule has 0 bridgehead atoms. The van der Waals surface area contributed by atoms with Crippen LogP contribution in [-0.4, -0.2) is 0 Å². The molecule has 1 heteroatoms. The largest absolute Gasteiger partial charge is 0.439 e. The summed E-state index contributed by atoms with van der Waals surface area (Å²) in [6.07, 6.45) is 16.9. The Labute approximate surface area is 108 Å². The SMILES string of the molecule is CC[CH]OC#CCCCCCCCCCCC. The molecule has 0 aromatic heterocycles. The van der Waals surface area contributed by atoms with Crippen LogP contribution >= 0.6 is 0 Å². The van der Waals surface area contributed by atoms with Crippen LogP contribution in [0.15, 0.2) is 0 Å². The van der Waals surface area contributed by atoms with Gasteiger partial charge in [-0.2, -0.15) is 0 Å². The van der Waals surface area contributed by atoms with Crippen molar-refractivity contribution < 1.29 is 4.74 Å². The summed E-state index contributed by atoms with van der Waals surface area (Å²) in [4.78, 5) is 0. The second-order valence-corrected chi connectivity index (χ2v) is 4.55. The zero-order valence-corrected chi connectivity index (χ0v) is 11.8. The van der Waals surface area contributed by atoms with Crippen LogP contribution in [0.4, 0.5) is 0 Å². The van der Waals surface area contributed by atoms with E-state index in [2.05, 4.69) is 19.0 Å². The Bertz CT molecular complexity index is 187. The number of hydrogen-bond acceptors (Lipinski definition) is 1. The molecule has 0 unspecified atom stereocenters. The van der Waals surface area contributed by atoms with Crippen LogP contribution in [0.1, 0.15) is 84.5 Å². The monoisotopic (exact) mass is 237 g/mol. The highest BCUT2D eigenvalue weighted by atomic mass is 16.5. The van der Waals surface area contributed by atoms with Gasteiger partial charge in [0.25, 0.3) is 0 Å². The predicted molar refractivity (Wildman–Crippen MR) is 75.3 cm³/mol. The van der Waals surface area contributed by atoms with Crippen LogP contribution < -0.4 is 0 Å². The topological polar surface area (TPSA) is 9.23 Å². The summed E-state index contributed by atoms with van der Waals surface area (Å²) in [6.45, 7) is 6.05. The Hall–Kier alpha value is -0.640. The highest BCUT2D eigenvalue weighted by molar-refractivity contribution is 4.91. The first-order chi connectivity index (χ1) is 8.41. The predicted octanol–water partition coefficient (Wildman–Crippen LogP) is 5.46. The van der Waals surface area contributed by atoms with E-state index in [0.29, 0.717) is 0 Å². The molecule has 1 radical (unpaired) electrons. The van der Waals surface area contributed by atoms with Crippen molar-refractivity contribution in [1.29, 1.82) is 0 Å². The molecule has 0 aliphatic heterocycles. The Morgan fingerprint density at radius 3 is 2.00 bits per heavy atom. The molecular formula is C16H29O. The minimum Gasteiger partial charge on any atom is -0.439 e. The van der Waals surface area contributed by atoms with Gasteiger partial charge >= 0.3 is 0 Å². The average Bonchev–Trinajstić information content (AvgIpc) is 2.35. The molecule has 0 aliphatic carbocycles. The normalized spacial score (nSPS) is 9.76. The molecule has 0 saturated heterocycles. The molecule has 0 aromatic carbocycles. The van der Waals surface area contributed by atoms with Crippen molar-refractivity contribution in [2.75, 3.05) is 0 Å². The minimum atomic E-state index is 0.923. The molecule has 0 atom stereocenters. The standard InChI is InChI=1S/C16H29O/c1-3-5-6-7-8-9-10-11-12-13-14-16-17-15-4-2/h15H,3-13H2,1-2H3. The number of rotatable bonds is 11. The van der Waals surface area contributed by atoms with Crippen LogP contribution in [-0.2, 0) is 4.74 Å². The molecule has 0 heterocycles. The number of ether oxygens (including phenoxy) is 1. The molecule has 0 amide bonds. The molecule has 0 rings (SSSR count). The van der Waals surface area contributed by atoms with Crippen molar-refractivity contribution in [2.45, 2.75) is 84.5 Å². The fourth-order valence-electron chi connectivity index (χ4n) is 1.74. The Morgan fingerprint density at radius 2 is 1.41 bits per heavy atom. The second kappa shape index (κ2) is 15.4.